The van der Waals surface area contributed by atoms with Gasteiger partial charge in [-0.15, -0.1) is 0 Å². The van der Waals surface area contributed by atoms with Crippen LogP contribution in [0.4, 0.5) is 0 Å². The first-order valence-corrected chi connectivity index (χ1v) is 4.92. The molecule has 1 aromatic rings. The van der Waals surface area contributed by atoms with Crippen molar-refractivity contribution in [2.45, 2.75) is 13.3 Å². The van der Waals surface area contributed by atoms with Crippen molar-refractivity contribution >= 4 is 28.4 Å². The van der Waals surface area contributed by atoms with Gasteiger partial charge in [0.25, 0.3) is 0 Å². The molecule has 0 saturated carbocycles. The van der Waals surface area contributed by atoms with E-state index in [4.69, 9.17) is 17.4 Å². The maximum Gasteiger partial charge on any atom is 0.0929 e. The van der Waals surface area contributed by atoms with E-state index in [1.807, 2.05) is 12.1 Å². The summed E-state index contributed by atoms with van der Waals surface area (Å²) in [6, 6.07) is 3.85. The van der Waals surface area contributed by atoms with Gasteiger partial charge in [-0.3, -0.25) is 10.1 Å². The van der Waals surface area contributed by atoms with Gasteiger partial charge in [-0.2, -0.15) is 0 Å². The molecule has 0 unspecified atom stereocenters. The average molecular weight is 198 g/mol. The summed E-state index contributed by atoms with van der Waals surface area (Å²) in [5.41, 5.74) is 2.04. The number of nitrogens with zero attached hydrogens (tertiary/aromatic N) is 1. The smallest absolute Gasteiger partial charge is 0.0929 e. The van der Waals surface area contributed by atoms with Gasteiger partial charge < -0.3 is 0 Å². The van der Waals surface area contributed by atoms with Gasteiger partial charge in [-0.05, 0) is 30.5 Å². The minimum atomic E-state index is 0.715. The van der Waals surface area contributed by atoms with Crippen LogP contribution in [0.3, 0.4) is 0 Å². The third kappa shape index (κ3) is 2.27. The van der Waals surface area contributed by atoms with Crippen LogP contribution in [0.2, 0.25) is 0 Å². The van der Waals surface area contributed by atoms with E-state index in [9.17, 15) is 0 Å². The van der Waals surface area contributed by atoms with Gasteiger partial charge >= 0.3 is 0 Å². The van der Waals surface area contributed by atoms with Crippen LogP contribution in [-0.4, -0.2) is 9.18 Å². The van der Waals surface area contributed by atoms with Gasteiger partial charge in [0, 0.05) is 17.5 Å². The summed E-state index contributed by atoms with van der Waals surface area (Å²) in [7, 11) is 0. The van der Waals surface area contributed by atoms with Crippen LogP contribution in [0, 0.1) is 0 Å². The minimum absolute atomic E-state index is 0.715. The highest BCUT2D eigenvalue weighted by Gasteiger charge is 2.00. The minimum Gasteiger partial charge on any atom is -0.273 e. The molecule has 0 amide bonds. The van der Waals surface area contributed by atoms with Crippen molar-refractivity contribution < 1.29 is 0 Å². The Kier molecular flexibility index (Phi) is 3.65. The Bertz CT molecular complexity index is 286. The van der Waals surface area contributed by atoms with E-state index < -0.39 is 0 Å². The summed E-state index contributed by atoms with van der Waals surface area (Å²) in [4.78, 5) is 4.16. The fraction of sp³-hybridized carbons (Fsp3) is 0.250. The van der Waals surface area contributed by atoms with Crippen molar-refractivity contribution in [3.63, 3.8) is 0 Å². The number of thiocarbonyl (C=S) groups is 1. The Morgan fingerprint density at radius 1 is 1.75 bits per heavy atom. The lowest BCUT2D eigenvalue weighted by Gasteiger charge is -2.00. The Balaban J connectivity index is 2.93. The fourth-order valence-corrected chi connectivity index (χ4v) is 1.26. The summed E-state index contributed by atoms with van der Waals surface area (Å²) >= 11 is 6.14. The van der Waals surface area contributed by atoms with Gasteiger partial charge in [0.1, 0.15) is 0 Å². The maximum absolute atomic E-state index is 5.35. The Hall–Kier alpha value is -0.450. The van der Waals surface area contributed by atoms with Crippen LogP contribution in [-0.2, 0) is 6.42 Å². The highest BCUT2D eigenvalue weighted by atomic mass is 32.2. The molecule has 0 aromatic carbocycles. The van der Waals surface area contributed by atoms with Crippen molar-refractivity contribution in [3.8, 4) is 0 Å². The Labute approximate surface area is 81.7 Å². The largest absolute Gasteiger partial charge is 0.273 e. The summed E-state index contributed by atoms with van der Waals surface area (Å²) in [6.45, 7) is 2.06. The van der Waals surface area contributed by atoms with Crippen molar-refractivity contribution in [1.29, 1.82) is 0 Å². The highest BCUT2D eigenvalue weighted by Crippen LogP contribution is 2.09. The third-order valence-electron chi connectivity index (χ3n) is 1.52. The molecule has 0 spiro atoms. The highest BCUT2D eigenvalue weighted by molar-refractivity contribution is 8.22. The van der Waals surface area contributed by atoms with Gasteiger partial charge in [0.05, 0.1) is 4.20 Å². The number of nitrogens with two attached hydrogens (primary N) is 1. The van der Waals surface area contributed by atoms with Gasteiger partial charge in [-0.25, -0.2) is 0 Å². The molecular formula is C8H10N2S2. The zero-order valence-corrected chi connectivity index (χ0v) is 8.41. The first-order valence-electron chi connectivity index (χ1n) is 3.64. The van der Waals surface area contributed by atoms with Crippen LogP contribution in [0.25, 0.3) is 0 Å². The molecule has 0 aliphatic heterocycles. The second-order valence-electron chi connectivity index (χ2n) is 2.29. The number of pyridine rings is 1. The molecule has 1 aromatic heterocycles. The van der Waals surface area contributed by atoms with Crippen molar-refractivity contribution in [3.05, 3.63) is 29.6 Å². The predicted octanol–water partition coefficient (Wildman–Crippen LogP) is 1.93. The van der Waals surface area contributed by atoms with E-state index in [0.29, 0.717) is 4.20 Å². The molecule has 0 aliphatic rings. The first-order chi connectivity index (χ1) is 5.77. The normalized spacial score (nSPS) is 9.83. The SMILES string of the molecule is CCc1cc(C(=S)SN)ccn1. The molecule has 12 heavy (non-hydrogen) atoms. The number of hydrogen-bond donors (Lipinski definition) is 1. The quantitative estimate of drug-likeness (QED) is 0.582. The molecule has 2 nitrogen and oxygen atoms in total. The van der Waals surface area contributed by atoms with Gasteiger partial charge in [0.15, 0.2) is 0 Å². The molecule has 1 heterocycles. The van der Waals surface area contributed by atoms with Crippen LogP contribution in [0.15, 0.2) is 18.3 Å². The Morgan fingerprint density at radius 3 is 3.08 bits per heavy atom. The van der Waals surface area contributed by atoms with E-state index in [1.54, 1.807) is 6.20 Å². The van der Waals surface area contributed by atoms with E-state index in [-0.39, 0.29) is 0 Å². The summed E-state index contributed by atoms with van der Waals surface area (Å²) in [5, 5.41) is 5.35. The lowest BCUT2D eigenvalue weighted by Crippen LogP contribution is -1.97. The number of hydrogen-bond acceptors (Lipinski definition) is 4. The molecule has 1 rings (SSSR count). The molecule has 0 saturated heterocycles. The molecule has 4 heteroatoms. The molecular weight excluding hydrogens is 188 g/mol. The predicted molar refractivity (Wildman–Crippen MR) is 57.1 cm³/mol. The van der Waals surface area contributed by atoms with Gasteiger partial charge in [-0.1, -0.05) is 19.1 Å². The Morgan fingerprint density at radius 2 is 2.50 bits per heavy atom. The van der Waals surface area contributed by atoms with Crippen molar-refractivity contribution in [2.24, 2.45) is 5.14 Å². The summed E-state index contributed by atoms with van der Waals surface area (Å²) in [6.07, 6.45) is 2.68. The topological polar surface area (TPSA) is 38.9 Å². The molecule has 0 fully saturated rings. The molecule has 0 radical (unpaired) electrons. The lowest BCUT2D eigenvalue weighted by molar-refractivity contribution is 1.03. The second-order valence-corrected chi connectivity index (χ2v) is 3.61. The third-order valence-corrected chi connectivity index (χ3v) is 2.50. The van der Waals surface area contributed by atoms with Crippen LogP contribution in [0.5, 0.6) is 0 Å². The van der Waals surface area contributed by atoms with Crippen molar-refractivity contribution in [2.75, 3.05) is 0 Å². The fourth-order valence-electron chi connectivity index (χ4n) is 0.867. The first kappa shape index (κ1) is 9.64. The summed E-state index contributed by atoms with van der Waals surface area (Å²) in [5.74, 6) is 0. The van der Waals surface area contributed by atoms with E-state index in [2.05, 4.69) is 11.9 Å². The summed E-state index contributed by atoms with van der Waals surface area (Å²) < 4.78 is 0.715. The van der Waals surface area contributed by atoms with Crippen LogP contribution < -0.4 is 5.14 Å². The lowest BCUT2D eigenvalue weighted by atomic mass is 10.2. The molecule has 0 bridgehead atoms. The second kappa shape index (κ2) is 4.54. The molecule has 0 aliphatic carbocycles. The molecule has 0 atom stereocenters. The van der Waals surface area contributed by atoms with E-state index in [1.165, 1.54) is 0 Å². The monoisotopic (exact) mass is 198 g/mol. The molecule has 2 N–H and O–H groups in total. The number of rotatable bonds is 2. The molecule has 64 valence electrons. The standard InChI is InChI=1S/C8H10N2S2/c1-2-7-5-6(3-4-10-7)8(11)12-9/h3-5H,2,9H2,1H3. The number of aromatic nitrogens is 1. The van der Waals surface area contributed by atoms with Gasteiger partial charge in [0.2, 0.25) is 0 Å². The van der Waals surface area contributed by atoms with Crippen LogP contribution in [0.1, 0.15) is 18.2 Å². The zero-order chi connectivity index (χ0) is 8.97. The van der Waals surface area contributed by atoms with Crippen molar-refractivity contribution in [1.82, 2.24) is 4.98 Å². The number of aryl methyl sites for hydroxylation is 1. The van der Waals surface area contributed by atoms with E-state index in [0.717, 1.165) is 29.6 Å². The maximum atomic E-state index is 5.35. The average Bonchev–Trinajstić information content (AvgIpc) is 2.17. The van der Waals surface area contributed by atoms with Crippen LogP contribution >= 0.6 is 24.2 Å². The zero-order valence-electron chi connectivity index (χ0n) is 6.78. The van der Waals surface area contributed by atoms with E-state index >= 15 is 0 Å².